The second-order valence-corrected chi connectivity index (χ2v) is 6.41. The minimum Gasteiger partial charge on any atom is -0.313 e. The summed E-state index contributed by atoms with van der Waals surface area (Å²) in [6.07, 6.45) is 5.07. The number of aromatic nitrogens is 1. The van der Waals surface area contributed by atoms with E-state index in [0.717, 1.165) is 25.8 Å². The van der Waals surface area contributed by atoms with Crippen molar-refractivity contribution in [1.82, 2.24) is 10.3 Å². The van der Waals surface area contributed by atoms with Crippen molar-refractivity contribution in [2.24, 2.45) is 0 Å². The third-order valence-corrected chi connectivity index (χ3v) is 4.59. The van der Waals surface area contributed by atoms with Gasteiger partial charge < -0.3 is 5.32 Å². The van der Waals surface area contributed by atoms with Gasteiger partial charge in [-0.25, -0.2) is 4.98 Å². The molecular formula is C15H19BrN2S. The molecule has 0 spiro atoms. The van der Waals surface area contributed by atoms with E-state index in [1.54, 1.807) is 11.3 Å². The van der Waals surface area contributed by atoms with E-state index in [-0.39, 0.29) is 0 Å². The van der Waals surface area contributed by atoms with Gasteiger partial charge in [0.2, 0.25) is 0 Å². The van der Waals surface area contributed by atoms with Gasteiger partial charge in [-0.3, -0.25) is 0 Å². The monoisotopic (exact) mass is 338 g/mol. The third-order valence-electron chi connectivity index (χ3n) is 3.01. The molecule has 0 radical (unpaired) electrons. The lowest BCUT2D eigenvalue weighted by Crippen LogP contribution is -2.33. The zero-order valence-corrected chi connectivity index (χ0v) is 13.5. The molecular weight excluding hydrogens is 320 g/mol. The van der Waals surface area contributed by atoms with Crippen LogP contribution in [0.25, 0.3) is 0 Å². The van der Waals surface area contributed by atoms with Crippen LogP contribution in [0.15, 0.2) is 40.3 Å². The highest BCUT2D eigenvalue weighted by Crippen LogP contribution is 2.19. The first-order valence-corrected chi connectivity index (χ1v) is 8.32. The van der Waals surface area contributed by atoms with Gasteiger partial charge in [-0.05, 0) is 31.0 Å². The van der Waals surface area contributed by atoms with Crippen molar-refractivity contribution in [3.63, 3.8) is 0 Å². The standard InChI is InChI=1S/C15H19BrN2S/c1-2-7-17-13(11-15-18-8-9-19-15)10-12-5-3-4-6-14(12)16/h3-6,8-9,13,17H,2,7,10-11H2,1H3. The molecule has 2 rings (SSSR count). The summed E-state index contributed by atoms with van der Waals surface area (Å²) in [5.41, 5.74) is 1.35. The number of nitrogens with zero attached hydrogens (tertiary/aromatic N) is 1. The van der Waals surface area contributed by atoms with E-state index in [4.69, 9.17) is 0 Å². The van der Waals surface area contributed by atoms with Gasteiger partial charge >= 0.3 is 0 Å². The van der Waals surface area contributed by atoms with Crippen molar-refractivity contribution >= 4 is 27.3 Å². The zero-order valence-electron chi connectivity index (χ0n) is 11.1. The van der Waals surface area contributed by atoms with Gasteiger partial charge in [0.05, 0.1) is 5.01 Å². The number of hydrogen-bond donors (Lipinski definition) is 1. The Bertz CT molecular complexity index is 485. The summed E-state index contributed by atoms with van der Waals surface area (Å²) in [6, 6.07) is 8.90. The maximum atomic E-state index is 4.39. The smallest absolute Gasteiger partial charge is 0.0940 e. The summed E-state index contributed by atoms with van der Waals surface area (Å²) in [5.74, 6) is 0. The molecule has 1 aromatic carbocycles. The van der Waals surface area contributed by atoms with Gasteiger partial charge in [0.15, 0.2) is 0 Å². The number of thiazole rings is 1. The van der Waals surface area contributed by atoms with Gasteiger partial charge in [-0.15, -0.1) is 11.3 Å². The highest BCUT2D eigenvalue weighted by Gasteiger charge is 2.12. The molecule has 2 nitrogen and oxygen atoms in total. The molecule has 0 aliphatic rings. The van der Waals surface area contributed by atoms with Crippen LogP contribution in [-0.4, -0.2) is 17.6 Å². The van der Waals surface area contributed by atoms with Gasteiger partial charge in [0.1, 0.15) is 0 Å². The fourth-order valence-electron chi connectivity index (χ4n) is 2.06. The molecule has 0 bridgehead atoms. The molecule has 0 fully saturated rings. The summed E-state index contributed by atoms with van der Waals surface area (Å²) < 4.78 is 1.19. The topological polar surface area (TPSA) is 24.9 Å². The maximum absolute atomic E-state index is 4.39. The van der Waals surface area contributed by atoms with Gasteiger partial charge in [-0.1, -0.05) is 41.1 Å². The first kappa shape index (κ1) is 14.7. The SMILES string of the molecule is CCCNC(Cc1nccs1)Cc1ccccc1Br. The molecule has 1 unspecified atom stereocenters. The van der Waals surface area contributed by atoms with Gasteiger partial charge in [0, 0.05) is 28.5 Å². The molecule has 1 N–H and O–H groups in total. The predicted molar refractivity (Wildman–Crippen MR) is 85.7 cm³/mol. The summed E-state index contributed by atoms with van der Waals surface area (Å²) in [6.45, 7) is 3.26. The Morgan fingerprint density at radius 3 is 2.84 bits per heavy atom. The van der Waals surface area contributed by atoms with E-state index >= 15 is 0 Å². The predicted octanol–water partition coefficient (Wildman–Crippen LogP) is 4.06. The Hall–Kier alpha value is -0.710. The van der Waals surface area contributed by atoms with Crippen molar-refractivity contribution in [1.29, 1.82) is 0 Å². The van der Waals surface area contributed by atoms with Crippen molar-refractivity contribution < 1.29 is 0 Å². The van der Waals surface area contributed by atoms with Crippen molar-refractivity contribution in [3.05, 3.63) is 50.9 Å². The fraction of sp³-hybridized carbons (Fsp3) is 0.400. The Morgan fingerprint density at radius 2 is 2.16 bits per heavy atom. The average molecular weight is 339 g/mol. The van der Waals surface area contributed by atoms with Crippen molar-refractivity contribution in [2.45, 2.75) is 32.2 Å². The lowest BCUT2D eigenvalue weighted by molar-refractivity contribution is 0.503. The molecule has 1 atom stereocenters. The molecule has 0 aliphatic carbocycles. The molecule has 1 aromatic heterocycles. The van der Waals surface area contributed by atoms with Gasteiger partial charge in [-0.2, -0.15) is 0 Å². The van der Waals surface area contributed by atoms with E-state index in [9.17, 15) is 0 Å². The first-order chi connectivity index (χ1) is 9.29. The van der Waals surface area contributed by atoms with E-state index in [2.05, 4.69) is 57.4 Å². The molecule has 0 saturated heterocycles. The maximum Gasteiger partial charge on any atom is 0.0940 e. The molecule has 0 amide bonds. The van der Waals surface area contributed by atoms with Crippen LogP contribution in [0.4, 0.5) is 0 Å². The Kier molecular flexibility index (Phi) is 6.01. The quantitative estimate of drug-likeness (QED) is 0.823. The fourth-order valence-corrected chi connectivity index (χ4v) is 3.20. The largest absolute Gasteiger partial charge is 0.313 e. The molecule has 0 aliphatic heterocycles. The molecule has 1 heterocycles. The molecule has 102 valence electrons. The molecule has 19 heavy (non-hydrogen) atoms. The van der Waals surface area contributed by atoms with E-state index in [1.165, 1.54) is 15.0 Å². The van der Waals surface area contributed by atoms with Crippen LogP contribution < -0.4 is 5.32 Å². The number of nitrogens with one attached hydrogen (secondary N) is 1. The number of halogens is 1. The van der Waals surface area contributed by atoms with Crippen LogP contribution in [-0.2, 0) is 12.8 Å². The van der Waals surface area contributed by atoms with Crippen LogP contribution in [0, 0.1) is 0 Å². The summed E-state index contributed by atoms with van der Waals surface area (Å²) >= 11 is 5.37. The average Bonchev–Trinajstić information content (AvgIpc) is 2.91. The Labute approximate surface area is 127 Å². The number of rotatable bonds is 7. The normalized spacial score (nSPS) is 12.5. The summed E-state index contributed by atoms with van der Waals surface area (Å²) in [4.78, 5) is 4.39. The van der Waals surface area contributed by atoms with E-state index < -0.39 is 0 Å². The lowest BCUT2D eigenvalue weighted by Gasteiger charge is -2.18. The van der Waals surface area contributed by atoms with Crippen molar-refractivity contribution in [3.8, 4) is 0 Å². The zero-order chi connectivity index (χ0) is 13.5. The Balaban J connectivity index is 2.03. The van der Waals surface area contributed by atoms with Crippen LogP contribution in [0.1, 0.15) is 23.9 Å². The van der Waals surface area contributed by atoms with Crippen molar-refractivity contribution in [2.75, 3.05) is 6.54 Å². The highest BCUT2D eigenvalue weighted by atomic mass is 79.9. The minimum atomic E-state index is 0.449. The lowest BCUT2D eigenvalue weighted by atomic mass is 10.0. The van der Waals surface area contributed by atoms with Crippen LogP contribution >= 0.6 is 27.3 Å². The van der Waals surface area contributed by atoms with Gasteiger partial charge in [0.25, 0.3) is 0 Å². The third kappa shape index (κ3) is 4.71. The first-order valence-electron chi connectivity index (χ1n) is 6.64. The highest BCUT2D eigenvalue weighted by molar-refractivity contribution is 9.10. The van der Waals surface area contributed by atoms with E-state index in [0.29, 0.717) is 6.04 Å². The summed E-state index contributed by atoms with van der Waals surface area (Å²) in [7, 11) is 0. The van der Waals surface area contributed by atoms with Crippen LogP contribution in [0.2, 0.25) is 0 Å². The summed E-state index contributed by atoms with van der Waals surface area (Å²) in [5, 5.41) is 6.88. The molecule has 4 heteroatoms. The number of hydrogen-bond acceptors (Lipinski definition) is 3. The Morgan fingerprint density at radius 1 is 1.32 bits per heavy atom. The second-order valence-electron chi connectivity index (χ2n) is 4.58. The minimum absolute atomic E-state index is 0.449. The second kappa shape index (κ2) is 7.78. The van der Waals surface area contributed by atoms with E-state index in [1.807, 2.05) is 11.6 Å². The number of benzene rings is 1. The van der Waals surface area contributed by atoms with Crippen LogP contribution in [0.3, 0.4) is 0 Å². The molecule has 0 saturated carbocycles. The molecule has 2 aromatic rings. The van der Waals surface area contributed by atoms with Crippen LogP contribution in [0.5, 0.6) is 0 Å².